The molecule has 4 aliphatic rings. The third kappa shape index (κ3) is 1.03. The summed E-state index contributed by atoms with van der Waals surface area (Å²) in [5, 5.41) is 24.0. The molecule has 7 nitrogen and oxygen atoms in total. The lowest BCUT2D eigenvalue weighted by molar-refractivity contribution is -0.250. The van der Waals surface area contributed by atoms with E-state index in [1.54, 1.807) is 0 Å². The van der Waals surface area contributed by atoms with Gasteiger partial charge in [0.25, 0.3) is 0 Å². The van der Waals surface area contributed by atoms with Crippen LogP contribution in [-0.4, -0.2) is 34.6 Å². The third-order valence-corrected chi connectivity index (χ3v) is 5.58. The highest BCUT2D eigenvalue weighted by Crippen LogP contribution is 2.65. The van der Waals surface area contributed by atoms with Gasteiger partial charge in [0.2, 0.25) is 0 Å². The quantitative estimate of drug-likeness (QED) is 0.565. The van der Waals surface area contributed by atoms with Crippen LogP contribution >= 0.6 is 0 Å². The molecule has 0 aromatic heterocycles. The van der Waals surface area contributed by atoms with E-state index >= 15 is 0 Å². The molecule has 0 amide bonds. The normalized spacial score (nSPS) is 62.1. The van der Waals surface area contributed by atoms with Gasteiger partial charge in [-0.1, -0.05) is 0 Å². The summed E-state index contributed by atoms with van der Waals surface area (Å²) in [4.78, 5) is 4.60. The fourth-order valence-electron chi connectivity index (χ4n) is 4.95. The fourth-order valence-corrected chi connectivity index (χ4v) is 4.95. The molecule has 3 saturated carbocycles. The molecule has 0 aromatic rings. The van der Waals surface area contributed by atoms with Crippen LogP contribution in [0.1, 0.15) is 12.8 Å². The van der Waals surface area contributed by atoms with Crippen LogP contribution in [0.2, 0.25) is 0 Å². The van der Waals surface area contributed by atoms with E-state index in [9.17, 15) is 10.4 Å². The highest BCUT2D eigenvalue weighted by Gasteiger charge is 2.69. The Bertz CT molecular complexity index is 369. The summed E-state index contributed by atoms with van der Waals surface area (Å²) in [7, 11) is 0. The summed E-state index contributed by atoms with van der Waals surface area (Å²) in [6, 6.07) is 0.0411. The Morgan fingerprint density at radius 1 is 1.18 bits per heavy atom. The van der Waals surface area contributed by atoms with E-state index in [2.05, 4.69) is 4.94 Å². The van der Waals surface area contributed by atoms with Crippen molar-refractivity contribution in [2.24, 2.45) is 35.1 Å². The Hall–Kier alpha value is -0.280. The summed E-state index contributed by atoms with van der Waals surface area (Å²) in [6.07, 6.45) is 1.69. The molecule has 17 heavy (non-hydrogen) atoms. The van der Waals surface area contributed by atoms with Crippen molar-refractivity contribution >= 4 is 0 Å². The van der Waals surface area contributed by atoms with Crippen LogP contribution in [0.5, 0.6) is 0 Å². The van der Waals surface area contributed by atoms with Crippen LogP contribution < -0.4 is 11.5 Å². The predicted molar refractivity (Wildman–Crippen MR) is 58.2 cm³/mol. The van der Waals surface area contributed by atoms with Crippen molar-refractivity contribution in [1.29, 1.82) is 0 Å². The second-order valence-corrected chi connectivity index (χ2v) is 6.05. The number of fused-ring (bicyclic) bond motifs is 6. The maximum atomic E-state index is 11.8. The smallest absolute Gasteiger partial charge is 0.0522 e. The largest absolute Gasteiger partial charge is 0.761 e. The molecule has 1 saturated heterocycles. The summed E-state index contributed by atoms with van der Waals surface area (Å²) in [5.74, 6) is 1.36. The van der Waals surface area contributed by atoms with E-state index in [-0.39, 0.29) is 24.5 Å². The highest BCUT2D eigenvalue weighted by atomic mass is 17.1. The van der Waals surface area contributed by atoms with Gasteiger partial charge in [-0.05, 0) is 36.5 Å². The molecule has 4 fully saturated rings. The van der Waals surface area contributed by atoms with Gasteiger partial charge in [0.15, 0.2) is 0 Å². The second kappa shape index (κ2) is 3.00. The van der Waals surface area contributed by atoms with Crippen LogP contribution in [0.4, 0.5) is 0 Å². The Morgan fingerprint density at radius 3 is 2.53 bits per heavy atom. The van der Waals surface area contributed by atoms with Gasteiger partial charge in [-0.2, -0.15) is 0 Å². The fraction of sp³-hybridized carbons (Fsp3) is 1.00. The molecule has 2 bridgehead atoms. The third-order valence-electron chi connectivity index (χ3n) is 5.58. The van der Waals surface area contributed by atoms with E-state index in [1.807, 2.05) is 0 Å². The maximum absolute atomic E-state index is 11.8. The maximum Gasteiger partial charge on any atom is 0.0522 e. The van der Waals surface area contributed by atoms with Crippen molar-refractivity contribution in [3.63, 3.8) is 0 Å². The minimum Gasteiger partial charge on any atom is -0.761 e. The van der Waals surface area contributed by atoms with Crippen molar-refractivity contribution in [1.82, 2.24) is 10.5 Å². The van der Waals surface area contributed by atoms with Gasteiger partial charge < -0.3 is 21.9 Å². The summed E-state index contributed by atoms with van der Waals surface area (Å²) in [5.41, 5.74) is 11.4. The zero-order chi connectivity index (χ0) is 11.9. The Kier molecular flexibility index (Phi) is 1.87. The lowest BCUT2D eigenvalue weighted by Gasteiger charge is -2.57. The molecular formula is C10H16N4O3-2. The molecule has 7 atom stereocenters. The van der Waals surface area contributed by atoms with Crippen molar-refractivity contribution in [3.8, 4) is 0 Å². The average molecular weight is 240 g/mol. The molecular weight excluding hydrogens is 224 g/mol. The van der Waals surface area contributed by atoms with E-state index < -0.39 is 5.54 Å². The van der Waals surface area contributed by atoms with E-state index in [4.69, 9.17) is 11.5 Å². The number of nitrogens with zero attached hydrogens (tertiary/aromatic N) is 2. The van der Waals surface area contributed by atoms with Crippen molar-refractivity contribution < 1.29 is 4.94 Å². The first kappa shape index (κ1) is 10.6. The molecule has 4 N–H and O–H groups in total. The van der Waals surface area contributed by atoms with Crippen LogP contribution in [0.25, 0.3) is 0 Å². The molecule has 4 rings (SSSR count). The summed E-state index contributed by atoms with van der Waals surface area (Å²) in [6.45, 7) is 0.142. The first-order chi connectivity index (χ1) is 8.04. The minimum absolute atomic E-state index is 0.0266. The molecule has 3 aliphatic carbocycles. The Morgan fingerprint density at radius 2 is 1.88 bits per heavy atom. The zero-order valence-corrected chi connectivity index (χ0v) is 9.36. The van der Waals surface area contributed by atoms with Crippen molar-refractivity contribution in [3.05, 3.63) is 10.4 Å². The van der Waals surface area contributed by atoms with Gasteiger partial charge in [-0.15, -0.1) is 0 Å². The monoisotopic (exact) mass is 240 g/mol. The first-order valence-electron chi connectivity index (χ1n) is 6.16. The van der Waals surface area contributed by atoms with Gasteiger partial charge in [-0.3, -0.25) is 0 Å². The van der Waals surface area contributed by atoms with Crippen LogP contribution in [-0.2, 0) is 4.94 Å². The molecule has 0 radical (unpaired) electrons. The van der Waals surface area contributed by atoms with Gasteiger partial charge in [0.05, 0.1) is 5.54 Å². The lowest BCUT2D eigenvalue weighted by Crippen LogP contribution is -2.70. The molecule has 96 valence electrons. The molecule has 7 unspecified atom stereocenters. The Balaban J connectivity index is 1.67. The number of hydrogen-bond donors (Lipinski definition) is 2. The SMILES string of the molecule is NC1C(N)C2C1C1CC2C2(C1)CN([O-])ON2[O-]. The topological polar surface area (TPSA) is 114 Å². The molecule has 1 aliphatic heterocycles. The summed E-state index contributed by atoms with van der Waals surface area (Å²) >= 11 is 0. The molecule has 0 aromatic carbocycles. The van der Waals surface area contributed by atoms with E-state index in [0.717, 1.165) is 12.8 Å². The van der Waals surface area contributed by atoms with Gasteiger partial charge in [0.1, 0.15) is 0 Å². The number of nitrogens with two attached hydrogens (primary N) is 2. The lowest BCUT2D eigenvalue weighted by atomic mass is 9.55. The van der Waals surface area contributed by atoms with Gasteiger partial charge >= 0.3 is 0 Å². The van der Waals surface area contributed by atoms with Crippen LogP contribution in [0.15, 0.2) is 0 Å². The molecule has 1 heterocycles. The zero-order valence-electron chi connectivity index (χ0n) is 9.36. The molecule has 1 spiro atoms. The summed E-state index contributed by atoms with van der Waals surface area (Å²) < 4.78 is 0. The minimum atomic E-state index is -0.661. The predicted octanol–water partition coefficient (Wildman–Crippen LogP) is -0.875. The van der Waals surface area contributed by atoms with Crippen LogP contribution in [0.3, 0.4) is 0 Å². The first-order valence-corrected chi connectivity index (χ1v) is 6.16. The molecule has 7 heteroatoms. The standard InChI is InChI=1S/C10H16N4O3/c11-8-6-4-1-5(7(6)9(8)12)10(2-4)3-13(15)17-14(10)16/h4-9H,1-3,11-12H2/q-2. The number of rotatable bonds is 0. The van der Waals surface area contributed by atoms with Crippen LogP contribution in [0, 0.1) is 34.1 Å². The second-order valence-electron chi connectivity index (χ2n) is 6.05. The Labute approximate surface area is 98.7 Å². The van der Waals surface area contributed by atoms with Gasteiger partial charge in [-0.25, -0.2) is 15.4 Å². The number of hydrogen-bond acceptors (Lipinski definition) is 7. The van der Waals surface area contributed by atoms with E-state index in [0.29, 0.717) is 28.2 Å². The van der Waals surface area contributed by atoms with Crippen molar-refractivity contribution in [2.75, 3.05) is 6.54 Å². The van der Waals surface area contributed by atoms with Gasteiger partial charge in [0, 0.05) is 18.6 Å². The van der Waals surface area contributed by atoms with Crippen molar-refractivity contribution in [2.45, 2.75) is 30.5 Å². The van der Waals surface area contributed by atoms with E-state index in [1.165, 1.54) is 0 Å². The number of hydroxylamine groups is 4. The average Bonchev–Trinajstić information content (AvgIpc) is 2.88. The highest BCUT2D eigenvalue weighted by molar-refractivity contribution is 5.23.